The van der Waals surface area contributed by atoms with Crippen molar-refractivity contribution in [3.05, 3.63) is 82.7 Å². The quantitative estimate of drug-likeness (QED) is 0.633. The summed E-state index contributed by atoms with van der Waals surface area (Å²) in [6.07, 6.45) is 7.15. The van der Waals surface area contributed by atoms with Crippen molar-refractivity contribution in [2.75, 3.05) is 0 Å². The molecule has 4 rings (SSSR count). The van der Waals surface area contributed by atoms with E-state index in [0.29, 0.717) is 33.8 Å². The molecule has 0 saturated heterocycles. The van der Waals surface area contributed by atoms with Crippen LogP contribution < -0.4 is 0 Å². The summed E-state index contributed by atoms with van der Waals surface area (Å²) >= 11 is 0. The van der Waals surface area contributed by atoms with Crippen LogP contribution in [0.1, 0.15) is 41.0 Å². The summed E-state index contributed by atoms with van der Waals surface area (Å²) in [6.45, 7) is 1.86. The van der Waals surface area contributed by atoms with Gasteiger partial charge in [0.2, 0.25) is 0 Å². The number of nitriles is 1. The minimum atomic E-state index is -0.372. The first kappa shape index (κ1) is 15.8. The largest absolute Gasteiger partial charge is 0.299 e. The molecule has 1 aromatic heterocycles. The highest BCUT2D eigenvalue weighted by atomic mass is 19.1. The number of fused-ring (bicyclic) bond motifs is 3. The third-order valence-electron chi connectivity index (χ3n) is 4.44. The van der Waals surface area contributed by atoms with Gasteiger partial charge >= 0.3 is 0 Å². The minimum Gasteiger partial charge on any atom is -0.299 e. The Morgan fingerprint density at radius 3 is 2.73 bits per heavy atom. The molecule has 5 heteroatoms. The van der Waals surface area contributed by atoms with Crippen LogP contribution in [0.25, 0.3) is 5.69 Å². The van der Waals surface area contributed by atoms with E-state index in [1.54, 1.807) is 24.5 Å². The SMILES string of the molecule is C#Cc1ccc2c(c1)C(c1ccccc1F)=NC(C)c1c(C#N)ncn1-2. The molecule has 1 aliphatic rings. The molecular weight excluding hydrogens is 327 g/mol. The van der Waals surface area contributed by atoms with Crippen molar-refractivity contribution in [1.82, 2.24) is 9.55 Å². The molecule has 0 radical (unpaired) electrons. The Kier molecular flexibility index (Phi) is 3.64. The molecule has 1 unspecified atom stereocenters. The summed E-state index contributed by atoms with van der Waals surface area (Å²) in [6, 6.07) is 13.7. The van der Waals surface area contributed by atoms with Crippen LogP contribution in [-0.2, 0) is 0 Å². The van der Waals surface area contributed by atoms with Gasteiger partial charge in [0.15, 0.2) is 5.69 Å². The lowest BCUT2D eigenvalue weighted by molar-refractivity contribution is 0.625. The van der Waals surface area contributed by atoms with Gasteiger partial charge in [0, 0.05) is 16.7 Å². The fourth-order valence-corrected chi connectivity index (χ4v) is 3.25. The van der Waals surface area contributed by atoms with Gasteiger partial charge in [0.1, 0.15) is 18.2 Å². The number of aliphatic imine (C=N–C) groups is 1. The number of hydrogen-bond acceptors (Lipinski definition) is 3. The van der Waals surface area contributed by atoms with Gasteiger partial charge in [-0.2, -0.15) is 5.26 Å². The van der Waals surface area contributed by atoms with E-state index in [0.717, 1.165) is 5.69 Å². The Labute approximate surface area is 150 Å². The summed E-state index contributed by atoms with van der Waals surface area (Å²) in [5, 5.41) is 9.39. The van der Waals surface area contributed by atoms with Gasteiger partial charge in [0.25, 0.3) is 0 Å². The predicted octanol–water partition coefficient (Wildman–Crippen LogP) is 3.78. The van der Waals surface area contributed by atoms with Crippen molar-refractivity contribution in [2.24, 2.45) is 4.99 Å². The highest BCUT2D eigenvalue weighted by molar-refractivity contribution is 6.15. The lowest BCUT2D eigenvalue weighted by Gasteiger charge is -2.12. The van der Waals surface area contributed by atoms with E-state index in [2.05, 4.69) is 17.0 Å². The van der Waals surface area contributed by atoms with Gasteiger partial charge in [-0.3, -0.25) is 9.56 Å². The van der Waals surface area contributed by atoms with Crippen LogP contribution >= 0.6 is 0 Å². The Morgan fingerprint density at radius 1 is 1.19 bits per heavy atom. The van der Waals surface area contributed by atoms with Gasteiger partial charge < -0.3 is 0 Å². The topological polar surface area (TPSA) is 54.0 Å². The number of hydrogen-bond donors (Lipinski definition) is 0. The molecule has 0 spiro atoms. The monoisotopic (exact) mass is 340 g/mol. The van der Waals surface area contributed by atoms with Gasteiger partial charge in [-0.15, -0.1) is 6.42 Å². The molecule has 1 aliphatic heterocycles. The van der Waals surface area contributed by atoms with Crippen LogP contribution in [0, 0.1) is 29.5 Å². The smallest absolute Gasteiger partial charge is 0.164 e. The van der Waals surface area contributed by atoms with Crippen molar-refractivity contribution >= 4 is 5.71 Å². The van der Waals surface area contributed by atoms with Gasteiger partial charge in [-0.05, 0) is 37.3 Å². The number of halogens is 1. The average molecular weight is 340 g/mol. The van der Waals surface area contributed by atoms with Crippen molar-refractivity contribution in [3.63, 3.8) is 0 Å². The molecule has 26 heavy (non-hydrogen) atoms. The molecular formula is C21H13FN4. The standard InChI is InChI=1S/C21H13FN4/c1-3-14-8-9-19-16(10-14)20(15-6-4-5-7-17(15)22)25-13(2)21-18(11-23)24-12-26(19)21/h1,4-10,12-13H,2H3. The maximum Gasteiger partial charge on any atom is 0.164 e. The average Bonchev–Trinajstić information content (AvgIpc) is 3.05. The van der Waals surface area contributed by atoms with Gasteiger partial charge in [0.05, 0.1) is 23.1 Å². The Hall–Kier alpha value is -3.70. The van der Waals surface area contributed by atoms with Crippen molar-refractivity contribution in [1.29, 1.82) is 5.26 Å². The van der Waals surface area contributed by atoms with Crippen molar-refractivity contribution < 1.29 is 4.39 Å². The maximum absolute atomic E-state index is 14.5. The molecule has 2 heterocycles. The molecule has 0 amide bonds. The number of rotatable bonds is 1. The van der Waals surface area contributed by atoms with E-state index in [4.69, 9.17) is 11.4 Å². The number of benzene rings is 2. The van der Waals surface area contributed by atoms with Gasteiger partial charge in [-0.25, -0.2) is 9.37 Å². The number of terminal acetylenes is 1. The molecule has 3 aromatic rings. The second-order valence-electron chi connectivity index (χ2n) is 5.97. The highest BCUT2D eigenvalue weighted by Gasteiger charge is 2.27. The molecule has 0 fully saturated rings. The molecule has 0 bridgehead atoms. The highest BCUT2D eigenvalue weighted by Crippen LogP contribution is 2.33. The zero-order valence-electron chi connectivity index (χ0n) is 13.9. The zero-order chi connectivity index (χ0) is 18.3. The number of imidazole rings is 1. The first-order valence-electron chi connectivity index (χ1n) is 8.05. The minimum absolute atomic E-state index is 0.308. The van der Waals surface area contributed by atoms with Crippen molar-refractivity contribution in [2.45, 2.75) is 13.0 Å². The summed E-state index contributed by atoms with van der Waals surface area (Å²) in [4.78, 5) is 8.93. The van der Waals surface area contributed by atoms with E-state index in [1.165, 1.54) is 6.07 Å². The van der Waals surface area contributed by atoms with E-state index in [-0.39, 0.29) is 11.9 Å². The number of nitrogens with zero attached hydrogens (tertiary/aromatic N) is 4. The lowest BCUT2D eigenvalue weighted by Crippen LogP contribution is -2.09. The summed E-state index contributed by atoms with van der Waals surface area (Å²) < 4.78 is 16.3. The fourth-order valence-electron chi connectivity index (χ4n) is 3.25. The second-order valence-corrected chi connectivity index (χ2v) is 5.97. The van der Waals surface area contributed by atoms with E-state index < -0.39 is 0 Å². The normalized spacial score (nSPS) is 15.1. The van der Waals surface area contributed by atoms with E-state index in [1.807, 2.05) is 29.7 Å². The Balaban J connectivity index is 2.09. The Bertz CT molecular complexity index is 1140. The molecule has 124 valence electrons. The van der Waals surface area contributed by atoms with Crippen LogP contribution in [0.5, 0.6) is 0 Å². The summed E-state index contributed by atoms with van der Waals surface area (Å²) in [7, 11) is 0. The molecule has 1 atom stereocenters. The zero-order valence-corrected chi connectivity index (χ0v) is 13.9. The van der Waals surface area contributed by atoms with Gasteiger partial charge in [-0.1, -0.05) is 18.1 Å². The second kappa shape index (κ2) is 5.98. The molecule has 2 aromatic carbocycles. The van der Waals surface area contributed by atoms with Crippen LogP contribution in [0.15, 0.2) is 53.8 Å². The predicted molar refractivity (Wildman–Crippen MR) is 96.7 cm³/mol. The van der Waals surface area contributed by atoms with Crippen LogP contribution in [-0.4, -0.2) is 15.3 Å². The van der Waals surface area contributed by atoms with Crippen LogP contribution in [0.4, 0.5) is 4.39 Å². The third kappa shape index (κ3) is 2.30. The molecule has 0 aliphatic carbocycles. The first-order valence-corrected chi connectivity index (χ1v) is 8.05. The van der Waals surface area contributed by atoms with E-state index in [9.17, 15) is 9.65 Å². The summed E-state index contributed by atoms with van der Waals surface area (Å²) in [5.74, 6) is 2.25. The van der Waals surface area contributed by atoms with Crippen LogP contribution in [0.2, 0.25) is 0 Å². The lowest BCUT2D eigenvalue weighted by atomic mass is 9.98. The fraction of sp³-hybridized carbons (Fsp3) is 0.0952. The first-order chi connectivity index (χ1) is 12.6. The van der Waals surface area contributed by atoms with Crippen molar-refractivity contribution in [3.8, 4) is 24.1 Å². The Morgan fingerprint density at radius 2 is 2.00 bits per heavy atom. The van der Waals surface area contributed by atoms with E-state index >= 15 is 0 Å². The summed E-state index contributed by atoms with van der Waals surface area (Å²) in [5.41, 5.74) is 4.03. The molecule has 0 saturated carbocycles. The maximum atomic E-state index is 14.5. The molecule has 0 N–H and O–H groups in total. The third-order valence-corrected chi connectivity index (χ3v) is 4.44. The molecule has 4 nitrogen and oxygen atoms in total. The van der Waals surface area contributed by atoms with Crippen LogP contribution in [0.3, 0.4) is 0 Å². The number of aromatic nitrogens is 2.